The Morgan fingerprint density at radius 3 is 2.76 bits per heavy atom. The molecule has 0 atom stereocenters. The van der Waals surface area contributed by atoms with Gasteiger partial charge in [-0.15, -0.1) is 0 Å². The molecule has 0 saturated heterocycles. The van der Waals surface area contributed by atoms with Crippen LogP contribution in [0.5, 0.6) is 5.75 Å². The van der Waals surface area contributed by atoms with Crippen molar-refractivity contribution in [1.82, 2.24) is 0 Å². The third kappa shape index (κ3) is 7.48. The number of non-ortho nitro benzene ring substituents is 1. The number of benzene rings is 1. The van der Waals surface area contributed by atoms with Crippen LogP contribution >= 0.6 is 0 Å². The average molecular weight is 354 g/mol. The highest BCUT2D eigenvalue weighted by Gasteiger charge is 2.17. The molecule has 0 radical (unpaired) electrons. The number of nitro groups is 1. The van der Waals surface area contributed by atoms with Gasteiger partial charge < -0.3 is 9.47 Å². The van der Waals surface area contributed by atoms with Gasteiger partial charge in [-0.1, -0.05) is 19.0 Å². The molecule has 0 bridgehead atoms. The standard InChI is InChI=1S/C14H18N4O7/c1-10(2)12-9-11(18(20)21)3-4-13(12)24-14(19)25-23-8-7-22-6-5-16-17-15/h3-4,9-10H,5-8H2,1-2H3. The lowest BCUT2D eigenvalue weighted by molar-refractivity contribution is -0.385. The van der Waals surface area contributed by atoms with E-state index in [1.165, 1.54) is 18.2 Å². The summed E-state index contributed by atoms with van der Waals surface area (Å²) in [6, 6.07) is 3.89. The summed E-state index contributed by atoms with van der Waals surface area (Å²) >= 11 is 0. The van der Waals surface area contributed by atoms with Crippen LogP contribution in [0.2, 0.25) is 0 Å². The van der Waals surface area contributed by atoms with Gasteiger partial charge in [0.15, 0.2) is 0 Å². The topological polar surface area (TPSA) is 146 Å². The molecular weight excluding hydrogens is 336 g/mol. The van der Waals surface area contributed by atoms with Crippen LogP contribution in [0.15, 0.2) is 23.3 Å². The fourth-order valence-electron chi connectivity index (χ4n) is 1.74. The van der Waals surface area contributed by atoms with Gasteiger partial charge in [0.05, 0.1) is 18.1 Å². The molecular formula is C14H18N4O7. The molecule has 0 aliphatic heterocycles. The predicted octanol–water partition coefficient (Wildman–Crippen LogP) is 3.49. The smallest absolute Gasteiger partial charge is 0.393 e. The highest BCUT2D eigenvalue weighted by Crippen LogP contribution is 2.30. The molecule has 1 rings (SSSR count). The van der Waals surface area contributed by atoms with E-state index < -0.39 is 11.1 Å². The van der Waals surface area contributed by atoms with Gasteiger partial charge >= 0.3 is 6.16 Å². The molecule has 25 heavy (non-hydrogen) atoms. The molecule has 0 N–H and O–H groups in total. The van der Waals surface area contributed by atoms with Crippen LogP contribution in [-0.4, -0.2) is 37.4 Å². The van der Waals surface area contributed by atoms with Crippen LogP contribution in [0.1, 0.15) is 25.3 Å². The maximum atomic E-state index is 11.6. The second kappa shape index (κ2) is 10.8. The van der Waals surface area contributed by atoms with Gasteiger partial charge in [0.1, 0.15) is 12.4 Å². The molecule has 0 aliphatic carbocycles. The highest BCUT2D eigenvalue weighted by atomic mass is 17.2. The minimum absolute atomic E-state index is 0.0390. The molecule has 0 unspecified atom stereocenters. The van der Waals surface area contributed by atoms with E-state index in [0.717, 1.165) is 0 Å². The first-order chi connectivity index (χ1) is 12.0. The molecule has 0 heterocycles. The number of rotatable bonds is 10. The number of nitro benzene ring substituents is 1. The predicted molar refractivity (Wildman–Crippen MR) is 85.1 cm³/mol. The van der Waals surface area contributed by atoms with Crippen LogP contribution in [-0.2, 0) is 14.5 Å². The Balaban J connectivity index is 2.43. The Morgan fingerprint density at radius 1 is 1.36 bits per heavy atom. The van der Waals surface area contributed by atoms with Crippen LogP contribution in [0.4, 0.5) is 10.5 Å². The molecule has 0 fully saturated rings. The first kappa shape index (κ1) is 20.2. The maximum Gasteiger partial charge on any atom is 0.546 e. The summed E-state index contributed by atoms with van der Waals surface area (Å²) in [5.74, 6) is 0.0490. The van der Waals surface area contributed by atoms with Gasteiger partial charge in [-0.3, -0.25) is 15.0 Å². The Labute approximate surface area is 143 Å². The zero-order valence-corrected chi connectivity index (χ0v) is 13.8. The van der Waals surface area contributed by atoms with E-state index in [2.05, 4.69) is 19.8 Å². The van der Waals surface area contributed by atoms with Gasteiger partial charge in [-0.05, 0) is 17.5 Å². The van der Waals surface area contributed by atoms with E-state index >= 15 is 0 Å². The SMILES string of the molecule is CC(C)c1cc([N+](=O)[O-])ccc1OC(=O)OOCCOCCN=[N+]=[N-]. The second-order valence-corrected chi connectivity index (χ2v) is 4.96. The zero-order valence-electron chi connectivity index (χ0n) is 13.8. The Morgan fingerprint density at radius 2 is 2.12 bits per heavy atom. The van der Waals surface area contributed by atoms with E-state index in [0.29, 0.717) is 5.56 Å². The van der Waals surface area contributed by atoms with Gasteiger partial charge in [-0.2, -0.15) is 4.89 Å². The lowest BCUT2D eigenvalue weighted by Crippen LogP contribution is -2.15. The van der Waals surface area contributed by atoms with Crippen LogP contribution in [0, 0.1) is 10.1 Å². The molecule has 11 nitrogen and oxygen atoms in total. The van der Waals surface area contributed by atoms with Crippen molar-refractivity contribution in [2.75, 3.05) is 26.4 Å². The number of hydrogen-bond acceptors (Lipinski definition) is 8. The van der Waals surface area contributed by atoms with Crippen molar-refractivity contribution in [2.45, 2.75) is 19.8 Å². The molecule has 0 aliphatic rings. The summed E-state index contributed by atoms with van der Waals surface area (Å²) in [5.41, 5.74) is 8.45. The number of ether oxygens (including phenoxy) is 2. The van der Waals surface area contributed by atoms with Crippen molar-refractivity contribution in [3.05, 3.63) is 44.3 Å². The Bertz CT molecular complexity index is 644. The molecule has 0 aromatic heterocycles. The average Bonchev–Trinajstić information content (AvgIpc) is 2.57. The van der Waals surface area contributed by atoms with Crippen molar-refractivity contribution in [3.63, 3.8) is 0 Å². The summed E-state index contributed by atoms with van der Waals surface area (Å²) in [6.45, 7) is 4.12. The lowest BCUT2D eigenvalue weighted by Gasteiger charge is -2.12. The quantitative estimate of drug-likeness (QED) is 0.0719. The molecule has 11 heteroatoms. The number of carbonyl (C=O) groups is 1. The first-order valence-corrected chi connectivity index (χ1v) is 7.34. The van der Waals surface area contributed by atoms with Crippen molar-refractivity contribution < 1.29 is 29.0 Å². The number of nitrogens with zero attached hydrogens (tertiary/aromatic N) is 4. The monoisotopic (exact) mass is 354 g/mol. The van der Waals surface area contributed by atoms with Crippen molar-refractivity contribution >= 4 is 11.8 Å². The third-order valence-corrected chi connectivity index (χ3v) is 2.86. The third-order valence-electron chi connectivity index (χ3n) is 2.86. The molecule has 136 valence electrons. The van der Waals surface area contributed by atoms with Crippen LogP contribution in [0.25, 0.3) is 10.4 Å². The molecule has 1 aromatic carbocycles. The second-order valence-electron chi connectivity index (χ2n) is 4.96. The summed E-state index contributed by atoms with van der Waals surface area (Å²) in [6.07, 6.45) is -1.11. The highest BCUT2D eigenvalue weighted by molar-refractivity contribution is 5.64. The van der Waals surface area contributed by atoms with Crippen LogP contribution in [0.3, 0.4) is 0 Å². The van der Waals surface area contributed by atoms with E-state index in [9.17, 15) is 14.9 Å². The van der Waals surface area contributed by atoms with E-state index in [-0.39, 0.29) is 43.7 Å². The van der Waals surface area contributed by atoms with Crippen molar-refractivity contribution in [3.8, 4) is 5.75 Å². The van der Waals surface area contributed by atoms with Gasteiger partial charge in [-0.25, -0.2) is 4.79 Å². The number of azide groups is 1. The number of carbonyl (C=O) groups excluding carboxylic acids is 1. The summed E-state index contributed by atoms with van der Waals surface area (Å²) in [7, 11) is 0. The Hall–Kier alpha value is -2.88. The summed E-state index contributed by atoms with van der Waals surface area (Å²) in [5, 5.41) is 14.1. The fraction of sp³-hybridized carbons (Fsp3) is 0.500. The first-order valence-electron chi connectivity index (χ1n) is 7.34. The molecule has 0 amide bonds. The summed E-state index contributed by atoms with van der Waals surface area (Å²) < 4.78 is 10.0. The van der Waals surface area contributed by atoms with E-state index in [1.807, 2.05) is 0 Å². The maximum absolute atomic E-state index is 11.6. The molecule has 1 aromatic rings. The van der Waals surface area contributed by atoms with E-state index in [1.54, 1.807) is 13.8 Å². The minimum atomic E-state index is -1.11. The van der Waals surface area contributed by atoms with Gasteiger partial charge in [0.25, 0.3) is 5.69 Å². The van der Waals surface area contributed by atoms with Crippen LogP contribution < -0.4 is 4.74 Å². The van der Waals surface area contributed by atoms with Gasteiger partial charge in [0.2, 0.25) is 0 Å². The van der Waals surface area contributed by atoms with E-state index in [4.69, 9.17) is 15.0 Å². The molecule has 0 spiro atoms. The zero-order chi connectivity index (χ0) is 18.7. The van der Waals surface area contributed by atoms with Gasteiger partial charge in [0, 0.05) is 29.2 Å². The largest absolute Gasteiger partial charge is 0.546 e. The minimum Gasteiger partial charge on any atom is -0.393 e. The lowest BCUT2D eigenvalue weighted by atomic mass is 10.0. The summed E-state index contributed by atoms with van der Waals surface area (Å²) in [4.78, 5) is 33.5. The van der Waals surface area contributed by atoms with Crippen molar-refractivity contribution in [2.24, 2.45) is 5.11 Å². The number of hydrogen-bond donors (Lipinski definition) is 0. The van der Waals surface area contributed by atoms with Crippen molar-refractivity contribution in [1.29, 1.82) is 0 Å². The normalized spacial score (nSPS) is 10.2. The fourth-order valence-corrected chi connectivity index (χ4v) is 1.74. The molecule has 0 saturated carbocycles. The Kier molecular flexibility index (Phi) is 8.72.